The number of H-pyrrole nitrogens is 1. The van der Waals surface area contributed by atoms with Crippen LogP contribution in [0, 0.1) is 10.1 Å². The summed E-state index contributed by atoms with van der Waals surface area (Å²) >= 11 is 0. The van der Waals surface area contributed by atoms with Crippen LogP contribution in [0.25, 0.3) is 11.3 Å². The summed E-state index contributed by atoms with van der Waals surface area (Å²) in [6.45, 7) is 7.06. The third kappa shape index (κ3) is 4.60. The number of benzene rings is 2. The maximum absolute atomic E-state index is 11.8. The molecule has 168 valence electrons. The maximum atomic E-state index is 11.8. The number of hydrogen-bond acceptors (Lipinski definition) is 6. The molecule has 0 atom stereocenters. The predicted molar refractivity (Wildman–Crippen MR) is 122 cm³/mol. The first-order valence-electron chi connectivity index (χ1n) is 11.0. The quantitative estimate of drug-likeness (QED) is 0.385. The second-order valence-corrected chi connectivity index (χ2v) is 7.84. The zero-order valence-corrected chi connectivity index (χ0v) is 18.5. The highest BCUT2D eigenvalue weighted by atomic mass is 16.6. The molecule has 0 saturated heterocycles. The first-order chi connectivity index (χ1) is 15.6. The van der Waals surface area contributed by atoms with Crippen molar-refractivity contribution in [1.29, 1.82) is 0 Å². The Morgan fingerprint density at radius 2 is 2.00 bits per heavy atom. The SMILES string of the molecule is CCCOc1c(OCC)cc(-c2n[nH]c3c2CN(Cc2ccccc2)CC3)cc1[N+](=O)[O-]. The standard InChI is InChI=1S/C24H28N4O4/c1-3-12-32-24-21(28(29)30)13-18(14-22(24)31-4-2)23-19-16-27(11-10-20(19)25-26-23)15-17-8-6-5-7-9-17/h5-9,13-14H,3-4,10-12,15-16H2,1-2H3,(H,25,26). The van der Waals surface area contributed by atoms with Gasteiger partial charge in [0.2, 0.25) is 5.75 Å². The number of nitrogens with one attached hydrogen (secondary N) is 1. The van der Waals surface area contributed by atoms with Crippen LogP contribution in [0.4, 0.5) is 5.69 Å². The van der Waals surface area contributed by atoms with Gasteiger partial charge in [0.05, 0.1) is 23.8 Å². The number of ether oxygens (including phenoxy) is 2. The summed E-state index contributed by atoms with van der Waals surface area (Å²) in [6, 6.07) is 13.7. The van der Waals surface area contributed by atoms with Crippen LogP contribution in [0.15, 0.2) is 42.5 Å². The molecule has 0 saturated carbocycles. The molecule has 0 radical (unpaired) electrons. The molecule has 1 aliphatic heterocycles. The van der Waals surface area contributed by atoms with Crippen LogP contribution in [0.1, 0.15) is 37.1 Å². The van der Waals surface area contributed by atoms with Crippen LogP contribution in [-0.2, 0) is 19.5 Å². The summed E-state index contributed by atoms with van der Waals surface area (Å²) in [4.78, 5) is 13.8. The molecule has 2 heterocycles. The zero-order chi connectivity index (χ0) is 22.5. The van der Waals surface area contributed by atoms with Gasteiger partial charge in [-0.05, 0) is 25.0 Å². The van der Waals surface area contributed by atoms with E-state index in [1.807, 2.05) is 32.0 Å². The molecule has 0 amide bonds. The summed E-state index contributed by atoms with van der Waals surface area (Å²) in [7, 11) is 0. The molecule has 0 bridgehead atoms. The number of nitro groups is 1. The van der Waals surface area contributed by atoms with E-state index in [1.54, 1.807) is 12.1 Å². The average Bonchev–Trinajstić information content (AvgIpc) is 3.22. The minimum atomic E-state index is -0.419. The third-order valence-corrected chi connectivity index (χ3v) is 5.52. The van der Waals surface area contributed by atoms with E-state index in [9.17, 15) is 10.1 Å². The monoisotopic (exact) mass is 436 g/mol. The van der Waals surface area contributed by atoms with Gasteiger partial charge in [0.25, 0.3) is 0 Å². The van der Waals surface area contributed by atoms with Crippen molar-refractivity contribution >= 4 is 5.69 Å². The van der Waals surface area contributed by atoms with Gasteiger partial charge in [0.15, 0.2) is 5.75 Å². The number of aromatic nitrogens is 2. The number of fused-ring (bicyclic) bond motifs is 1. The van der Waals surface area contributed by atoms with Gasteiger partial charge in [-0.2, -0.15) is 5.10 Å². The lowest BCUT2D eigenvalue weighted by Gasteiger charge is -2.27. The van der Waals surface area contributed by atoms with Crippen LogP contribution < -0.4 is 9.47 Å². The summed E-state index contributed by atoms with van der Waals surface area (Å²) < 4.78 is 11.4. The molecule has 32 heavy (non-hydrogen) atoms. The van der Waals surface area contributed by atoms with E-state index in [-0.39, 0.29) is 11.4 Å². The fourth-order valence-corrected chi connectivity index (χ4v) is 4.04. The van der Waals surface area contributed by atoms with Gasteiger partial charge in [-0.3, -0.25) is 20.1 Å². The summed E-state index contributed by atoms with van der Waals surface area (Å²) in [6.07, 6.45) is 1.60. The molecule has 8 heteroatoms. The minimum absolute atomic E-state index is 0.104. The minimum Gasteiger partial charge on any atom is -0.490 e. The van der Waals surface area contributed by atoms with E-state index in [1.165, 1.54) is 5.56 Å². The summed E-state index contributed by atoms with van der Waals surface area (Å²) in [5, 5.41) is 19.5. The molecule has 0 fully saturated rings. The fourth-order valence-electron chi connectivity index (χ4n) is 4.04. The van der Waals surface area contributed by atoms with Crippen LogP contribution in [0.2, 0.25) is 0 Å². The molecule has 1 N–H and O–H groups in total. The van der Waals surface area contributed by atoms with Crippen molar-refractivity contribution in [1.82, 2.24) is 15.1 Å². The highest BCUT2D eigenvalue weighted by molar-refractivity contribution is 5.73. The van der Waals surface area contributed by atoms with Crippen molar-refractivity contribution in [2.75, 3.05) is 19.8 Å². The Kier molecular flexibility index (Phi) is 6.70. The first-order valence-corrected chi connectivity index (χ1v) is 11.0. The Bertz CT molecular complexity index is 1080. The normalized spacial score (nSPS) is 13.6. The number of aromatic amines is 1. The Balaban J connectivity index is 1.69. The van der Waals surface area contributed by atoms with E-state index in [4.69, 9.17) is 9.47 Å². The van der Waals surface area contributed by atoms with E-state index < -0.39 is 4.92 Å². The van der Waals surface area contributed by atoms with Crippen molar-refractivity contribution in [2.45, 2.75) is 39.8 Å². The van der Waals surface area contributed by atoms with Gasteiger partial charge in [-0.15, -0.1) is 0 Å². The fraction of sp³-hybridized carbons (Fsp3) is 0.375. The smallest absolute Gasteiger partial charge is 0.315 e. The first kappa shape index (κ1) is 21.8. The molecule has 2 aromatic carbocycles. The largest absolute Gasteiger partial charge is 0.490 e. The highest BCUT2D eigenvalue weighted by Crippen LogP contribution is 2.42. The van der Waals surface area contributed by atoms with E-state index in [0.717, 1.165) is 49.4 Å². The van der Waals surface area contributed by atoms with Crippen LogP contribution >= 0.6 is 0 Å². The van der Waals surface area contributed by atoms with Gasteiger partial charge in [0, 0.05) is 48.9 Å². The van der Waals surface area contributed by atoms with Gasteiger partial charge in [-0.1, -0.05) is 37.3 Å². The molecule has 0 unspecified atom stereocenters. The van der Waals surface area contributed by atoms with E-state index in [2.05, 4.69) is 27.2 Å². The number of nitro benzene ring substituents is 1. The Hall–Kier alpha value is -3.39. The van der Waals surface area contributed by atoms with Gasteiger partial charge in [0.1, 0.15) is 0 Å². The van der Waals surface area contributed by atoms with E-state index in [0.29, 0.717) is 24.5 Å². The van der Waals surface area contributed by atoms with Crippen molar-refractivity contribution < 1.29 is 14.4 Å². The lowest BCUT2D eigenvalue weighted by Crippen LogP contribution is -2.29. The summed E-state index contributed by atoms with van der Waals surface area (Å²) in [5.41, 5.74) is 4.69. The second-order valence-electron chi connectivity index (χ2n) is 7.84. The second kappa shape index (κ2) is 9.82. The highest BCUT2D eigenvalue weighted by Gasteiger charge is 2.27. The molecule has 3 aromatic rings. The Morgan fingerprint density at radius 1 is 1.19 bits per heavy atom. The number of hydrogen-bond donors (Lipinski definition) is 1. The zero-order valence-electron chi connectivity index (χ0n) is 18.5. The van der Waals surface area contributed by atoms with Crippen LogP contribution in [0.5, 0.6) is 11.5 Å². The van der Waals surface area contributed by atoms with E-state index >= 15 is 0 Å². The van der Waals surface area contributed by atoms with Crippen LogP contribution in [0.3, 0.4) is 0 Å². The lowest BCUT2D eigenvalue weighted by atomic mass is 9.99. The maximum Gasteiger partial charge on any atom is 0.315 e. The lowest BCUT2D eigenvalue weighted by molar-refractivity contribution is -0.385. The third-order valence-electron chi connectivity index (χ3n) is 5.52. The predicted octanol–water partition coefficient (Wildman–Crippen LogP) is 4.73. The van der Waals surface area contributed by atoms with Crippen molar-refractivity contribution in [3.05, 3.63) is 69.4 Å². The van der Waals surface area contributed by atoms with Crippen molar-refractivity contribution in [2.24, 2.45) is 0 Å². The molecule has 1 aliphatic rings. The van der Waals surface area contributed by atoms with Crippen molar-refractivity contribution in [3.63, 3.8) is 0 Å². The molecular formula is C24H28N4O4. The van der Waals surface area contributed by atoms with Gasteiger partial charge < -0.3 is 9.47 Å². The van der Waals surface area contributed by atoms with Gasteiger partial charge >= 0.3 is 5.69 Å². The molecule has 8 nitrogen and oxygen atoms in total. The molecule has 0 aliphatic carbocycles. The number of nitrogens with zero attached hydrogens (tertiary/aromatic N) is 3. The van der Waals surface area contributed by atoms with Crippen molar-refractivity contribution in [3.8, 4) is 22.8 Å². The molecule has 0 spiro atoms. The average molecular weight is 437 g/mol. The van der Waals surface area contributed by atoms with Crippen LogP contribution in [-0.4, -0.2) is 39.8 Å². The summed E-state index contributed by atoms with van der Waals surface area (Å²) in [5.74, 6) is 0.552. The molecular weight excluding hydrogens is 408 g/mol. The number of rotatable bonds is 9. The Morgan fingerprint density at radius 3 is 2.72 bits per heavy atom. The Labute approximate surface area is 187 Å². The topological polar surface area (TPSA) is 93.5 Å². The molecule has 1 aromatic heterocycles. The van der Waals surface area contributed by atoms with Gasteiger partial charge in [-0.25, -0.2) is 0 Å². The molecule has 4 rings (SSSR count).